The van der Waals surface area contributed by atoms with Gasteiger partial charge in [0.05, 0.1) is 0 Å². The Kier molecular flexibility index (Phi) is 5.56. The number of nitrogens with one attached hydrogen (secondary N) is 1. The van der Waals surface area contributed by atoms with Crippen molar-refractivity contribution in [3.63, 3.8) is 0 Å². The van der Waals surface area contributed by atoms with Crippen LogP contribution in [0.3, 0.4) is 0 Å². The van der Waals surface area contributed by atoms with Crippen LogP contribution in [0.4, 0.5) is 0 Å². The molecule has 27 heavy (non-hydrogen) atoms. The van der Waals surface area contributed by atoms with Gasteiger partial charge in [-0.3, -0.25) is 9.59 Å². The predicted molar refractivity (Wildman–Crippen MR) is 110 cm³/mol. The molecule has 3 rings (SSSR count). The number of pyridine rings is 1. The van der Waals surface area contributed by atoms with Crippen molar-refractivity contribution in [1.82, 2.24) is 9.88 Å². The van der Waals surface area contributed by atoms with Crippen LogP contribution in [0.15, 0.2) is 47.3 Å². The van der Waals surface area contributed by atoms with E-state index in [-0.39, 0.29) is 21.9 Å². The Morgan fingerprint density at radius 2 is 1.70 bits per heavy atom. The first-order valence-electron chi connectivity index (χ1n) is 9.26. The molecule has 0 radical (unpaired) electrons. The average Bonchev–Trinajstić information content (AvgIpc) is 3.16. The predicted octanol–water partition coefficient (Wildman–Crippen LogP) is 4.38. The Labute approximate surface area is 164 Å². The van der Waals surface area contributed by atoms with E-state index in [9.17, 15) is 9.59 Å². The van der Waals surface area contributed by atoms with Gasteiger partial charge in [-0.25, -0.2) is 0 Å². The highest BCUT2D eigenvalue weighted by Crippen LogP contribution is 2.27. The number of hydrogen-bond donors (Lipinski definition) is 1. The van der Waals surface area contributed by atoms with Crippen LogP contribution in [0.1, 0.15) is 50.4 Å². The topological polar surface area (TPSA) is 53.2 Å². The maximum Gasteiger partial charge on any atom is 0.267 e. The van der Waals surface area contributed by atoms with Gasteiger partial charge < -0.3 is 9.88 Å². The van der Waals surface area contributed by atoms with Gasteiger partial charge in [0, 0.05) is 30.4 Å². The number of H-pyrrole nitrogens is 1. The van der Waals surface area contributed by atoms with Gasteiger partial charge in [0.15, 0.2) is 0 Å². The number of aromatic amines is 1. The van der Waals surface area contributed by atoms with Crippen molar-refractivity contribution >= 4 is 23.1 Å². The van der Waals surface area contributed by atoms with Crippen molar-refractivity contribution in [3.05, 3.63) is 74.7 Å². The summed E-state index contributed by atoms with van der Waals surface area (Å²) in [6.07, 6.45) is 3.69. The zero-order valence-corrected chi connectivity index (χ0v) is 16.8. The van der Waals surface area contributed by atoms with Gasteiger partial charge >= 0.3 is 0 Å². The van der Waals surface area contributed by atoms with Crippen LogP contribution >= 0.6 is 11.6 Å². The lowest BCUT2D eigenvalue weighted by molar-refractivity contribution is -0.124. The Morgan fingerprint density at radius 1 is 1.07 bits per heavy atom. The highest BCUT2D eigenvalue weighted by Gasteiger charge is 2.19. The second kappa shape index (κ2) is 7.73. The number of nitrogens with zero attached hydrogens (tertiary/aromatic N) is 1. The molecule has 142 valence electrons. The van der Waals surface area contributed by atoms with Crippen molar-refractivity contribution in [2.45, 2.75) is 39.0 Å². The second-order valence-electron chi connectivity index (χ2n) is 7.97. The molecule has 0 spiro atoms. The monoisotopic (exact) mass is 384 g/mol. The molecule has 0 saturated carbocycles. The number of likely N-dealkylation sites (tertiary alicyclic amines) is 1. The zero-order valence-electron chi connectivity index (χ0n) is 16.0. The van der Waals surface area contributed by atoms with Crippen LogP contribution in [0.2, 0.25) is 5.02 Å². The van der Waals surface area contributed by atoms with Crippen LogP contribution < -0.4 is 5.56 Å². The first kappa shape index (κ1) is 19.4. The summed E-state index contributed by atoms with van der Waals surface area (Å²) in [6.45, 7) is 8.04. The minimum absolute atomic E-state index is 0.0294. The van der Waals surface area contributed by atoms with Gasteiger partial charge in [-0.05, 0) is 41.5 Å². The molecule has 1 aliphatic heterocycles. The Balaban J connectivity index is 2.05. The number of benzene rings is 1. The first-order chi connectivity index (χ1) is 12.8. The molecule has 2 aromatic rings. The summed E-state index contributed by atoms with van der Waals surface area (Å²) in [6, 6.07) is 11.4. The summed E-state index contributed by atoms with van der Waals surface area (Å²) in [5.74, 6) is -0.0294. The van der Waals surface area contributed by atoms with Crippen molar-refractivity contribution in [3.8, 4) is 0 Å². The molecule has 0 unspecified atom stereocenters. The molecule has 1 amide bonds. The van der Waals surface area contributed by atoms with E-state index in [4.69, 9.17) is 11.6 Å². The summed E-state index contributed by atoms with van der Waals surface area (Å²) < 4.78 is 0. The number of aromatic nitrogens is 1. The molecule has 1 fully saturated rings. The Bertz CT molecular complexity index is 915. The summed E-state index contributed by atoms with van der Waals surface area (Å²) in [5, 5.41) is 0.132. The van der Waals surface area contributed by atoms with Gasteiger partial charge in [0.25, 0.3) is 5.56 Å². The minimum Gasteiger partial charge on any atom is -0.339 e. The van der Waals surface area contributed by atoms with E-state index in [1.807, 2.05) is 17.0 Å². The van der Waals surface area contributed by atoms with E-state index >= 15 is 0 Å². The standard InChI is InChI=1S/C22H25ClN2O2/c1-22(2,3)16-8-6-15(7-9-16)17(14-20(26)25-12-4-5-13-25)19-11-10-18(23)21(27)24-19/h6-11,14H,4-5,12-13H2,1-3H3,(H,24,27)/b17-14-. The molecule has 4 nitrogen and oxygen atoms in total. The van der Waals surface area contributed by atoms with E-state index in [2.05, 4.69) is 37.9 Å². The Hall–Kier alpha value is -2.33. The van der Waals surface area contributed by atoms with Crippen LogP contribution in [-0.4, -0.2) is 28.9 Å². The molecule has 1 saturated heterocycles. The molecule has 0 atom stereocenters. The van der Waals surface area contributed by atoms with Crippen molar-refractivity contribution in [2.75, 3.05) is 13.1 Å². The molecule has 2 heterocycles. The van der Waals surface area contributed by atoms with Crippen LogP contribution in [0.25, 0.3) is 5.57 Å². The molecule has 1 N–H and O–H groups in total. The third-order valence-electron chi connectivity index (χ3n) is 4.90. The summed E-state index contributed by atoms with van der Waals surface area (Å²) in [4.78, 5) is 29.3. The van der Waals surface area contributed by atoms with Gasteiger partial charge in [-0.15, -0.1) is 0 Å². The number of hydrogen-bond acceptors (Lipinski definition) is 2. The first-order valence-corrected chi connectivity index (χ1v) is 9.64. The Morgan fingerprint density at radius 3 is 2.26 bits per heavy atom. The van der Waals surface area contributed by atoms with E-state index < -0.39 is 0 Å². The fourth-order valence-corrected chi connectivity index (χ4v) is 3.34. The molecule has 1 aliphatic rings. The van der Waals surface area contributed by atoms with Crippen LogP contribution in [0, 0.1) is 0 Å². The maximum absolute atomic E-state index is 12.7. The van der Waals surface area contributed by atoms with E-state index in [1.54, 1.807) is 18.2 Å². The summed E-state index contributed by atoms with van der Waals surface area (Å²) in [7, 11) is 0. The molecular formula is C22H25ClN2O2. The largest absolute Gasteiger partial charge is 0.339 e. The quantitative estimate of drug-likeness (QED) is 0.798. The molecular weight excluding hydrogens is 360 g/mol. The molecule has 1 aromatic carbocycles. The maximum atomic E-state index is 12.7. The van der Waals surface area contributed by atoms with Gasteiger partial charge in [0.1, 0.15) is 5.02 Å². The summed E-state index contributed by atoms with van der Waals surface area (Å²) in [5.41, 5.74) is 3.05. The fraction of sp³-hybridized carbons (Fsp3) is 0.364. The third kappa shape index (κ3) is 4.51. The number of carbonyl (C=O) groups excluding carboxylic acids is 1. The molecule has 0 aliphatic carbocycles. The van der Waals surface area contributed by atoms with E-state index in [0.717, 1.165) is 31.5 Å². The van der Waals surface area contributed by atoms with Crippen molar-refractivity contribution in [1.29, 1.82) is 0 Å². The smallest absolute Gasteiger partial charge is 0.267 e. The zero-order chi connectivity index (χ0) is 19.6. The summed E-state index contributed by atoms with van der Waals surface area (Å²) >= 11 is 5.87. The van der Waals surface area contributed by atoms with Crippen molar-refractivity contribution in [2.24, 2.45) is 0 Å². The lowest BCUT2D eigenvalue weighted by Crippen LogP contribution is -2.26. The number of halogens is 1. The molecule has 5 heteroatoms. The number of amides is 1. The highest BCUT2D eigenvalue weighted by molar-refractivity contribution is 6.30. The SMILES string of the molecule is CC(C)(C)c1ccc(/C(=C/C(=O)N2CCCC2)c2ccc(Cl)c(=O)[nH]2)cc1. The lowest BCUT2D eigenvalue weighted by atomic mass is 9.86. The van der Waals surface area contributed by atoms with Gasteiger partial charge in [0.2, 0.25) is 5.91 Å². The minimum atomic E-state index is -0.361. The van der Waals surface area contributed by atoms with Crippen LogP contribution in [-0.2, 0) is 10.2 Å². The lowest BCUT2D eigenvalue weighted by Gasteiger charge is -2.20. The van der Waals surface area contributed by atoms with E-state index in [0.29, 0.717) is 11.3 Å². The third-order valence-corrected chi connectivity index (χ3v) is 5.20. The van der Waals surface area contributed by atoms with Gasteiger partial charge in [-0.2, -0.15) is 0 Å². The van der Waals surface area contributed by atoms with Crippen LogP contribution in [0.5, 0.6) is 0 Å². The number of carbonyl (C=O) groups is 1. The highest BCUT2D eigenvalue weighted by atomic mass is 35.5. The number of rotatable bonds is 3. The molecule has 0 bridgehead atoms. The second-order valence-corrected chi connectivity index (χ2v) is 8.37. The van der Waals surface area contributed by atoms with Crippen molar-refractivity contribution < 1.29 is 4.79 Å². The van der Waals surface area contributed by atoms with Gasteiger partial charge in [-0.1, -0.05) is 56.6 Å². The molecule has 1 aromatic heterocycles. The van der Waals surface area contributed by atoms with E-state index in [1.165, 1.54) is 5.56 Å². The average molecular weight is 385 g/mol. The normalized spacial score (nSPS) is 15.3. The fourth-order valence-electron chi connectivity index (χ4n) is 3.23.